The molecule has 1 atom stereocenters. The van der Waals surface area contributed by atoms with Crippen molar-refractivity contribution in [1.82, 2.24) is 24.9 Å². The molecule has 4 heterocycles. The number of amides is 4. The Morgan fingerprint density at radius 2 is 1.56 bits per heavy atom. The molecule has 4 aliphatic heterocycles. The van der Waals surface area contributed by atoms with Crippen molar-refractivity contribution in [3.63, 3.8) is 0 Å². The molecule has 0 aromatic heterocycles. The molecule has 4 N–H and O–H groups in total. The Balaban J connectivity index is 1.07. The van der Waals surface area contributed by atoms with Gasteiger partial charge in [0.15, 0.2) is 5.78 Å². The highest BCUT2D eigenvalue weighted by Gasteiger charge is 2.35. The van der Waals surface area contributed by atoms with E-state index in [1.165, 1.54) is 32.4 Å². The van der Waals surface area contributed by atoms with Crippen LogP contribution < -0.4 is 16.4 Å². The standard InChI is InChI=1S/C37H49Br2N7O4/c38-29-20-27(21-30(39)35(29)40)33(47)22-32(41-34(48)24-44-15-8-25(9-16-44)23-43-13-4-1-5-14-43)36(49)45-17-11-28(12-18-45)46-19-10-26-6-2-3-7-31(26)42-37(46)50/h2-3,6-7,20-21,25,28,32H,1,4-5,8-19,22-24,40H2,(H,41,48)(H,42,50). The third-order valence-corrected chi connectivity index (χ3v) is 12.1. The Morgan fingerprint density at radius 1 is 0.880 bits per heavy atom. The molecule has 1 unspecified atom stereocenters. The Bertz CT molecular complexity index is 1530. The fourth-order valence-electron chi connectivity index (χ4n) is 7.88. The van der Waals surface area contributed by atoms with Crippen LogP contribution in [0, 0.1) is 5.92 Å². The fraction of sp³-hybridized carbons (Fsp3) is 0.568. The fourth-order valence-corrected chi connectivity index (χ4v) is 9.07. The number of nitrogens with one attached hydrogen (secondary N) is 2. The van der Waals surface area contributed by atoms with Crippen molar-refractivity contribution < 1.29 is 19.2 Å². The molecule has 0 radical (unpaired) electrons. The number of nitrogen functional groups attached to an aromatic ring is 1. The normalized spacial score (nSPS) is 20.5. The van der Waals surface area contributed by atoms with Gasteiger partial charge in [0.05, 0.1) is 12.2 Å². The molecule has 4 amide bonds. The average molecular weight is 816 g/mol. The van der Waals surface area contributed by atoms with Gasteiger partial charge in [0.2, 0.25) is 11.8 Å². The van der Waals surface area contributed by atoms with Crippen molar-refractivity contribution in [2.45, 2.75) is 69.9 Å². The number of nitrogens with two attached hydrogens (primary N) is 1. The van der Waals surface area contributed by atoms with E-state index in [9.17, 15) is 19.2 Å². The number of carbonyl (C=O) groups is 4. The Kier molecular flexibility index (Phi) is 12.5. The van der Waals surface area contributed by atoms with Crippen LogP contribution in [0.4, 0.5) is 16.2 Å². The zero-order valence-corrected chi connectivity index (χ0v) is 31.9. The van der Waals surface area contributed by atoms with E-state index >= 15 is 0 Å². The van der Waals surface area contributed by atoms with Gasteiger partial charge in [0, 0.05) is 58.8 Å². The summed E-state index contributed by atoms with van der Waals surface area (Å²) in [5.74, 6) is -0.136. The summed E-state index contributed by atoms with van der Waals surface area (Å²) in [6, 6.07) is 10.0. The average Bonchev–Trinajstić information content (AvgIpc) is 3.29. The lowest BCUT2D eigenvalue weighted by Gasteiger charge is -2.39. The lowest BCUT2D eigenvalue weighted by atomic mass is 9.95. The maximum atomic E-state index is 14.1. The van der Waals surface area contributed by atoms with E-state index in [1.807, 2.05) is 29.2 Å². The number of benzene rings is 2. The number of likely N-dealkylation sites (tertiary alicyclic amines) is 3. The first-order chi connectivity index (χ1) is 24.1. The van der Waals surface area contributed by atoms with Crippen molar-refractivity contribution in [1.29, 1.82) is 0 Å². The molecule has 270 valence electrons. The third-order valence-electron chi connectivity index (χ3n) is 10.8. The quantitative estimate of drug-likeness (QED) is 0.224. The van der Waals surface area contributed by atoms with Crippen LogP contribution in [0.25, 0.3) is 0 Å². The molecule has 6 rings (SSSR count). The van der Waals surface area contributed by atoms with Crippen LogP contribution in [0.15, 0.2) is 45.3 Å². The van der Waals surface area contributed by atoms with Gasteiger partial charge < -0.3 is 31.1 Å². The smallest absolute Gasteiger partial charge is 0.322 e. The van der Waals surface area contributed by atoms with Crippen molar-refractivity contribution >= 4 is 66.9 Å². The molecule has 13 heteroatoms. The number of halogens is 2. The first-order valence-corrected chi connectivity index (χ1v) is 19.7. The molecule has 4 aliphatic rings. The summed E-state index contributed by atoms with van der Waals surface area (Å²) >= 11 is 6.83. The minimum Gasteiger partial charge on any atom is -0.397 e. The molecule has 2 aromatic carbocycles. The van der Waals surface area contributed by atoms with Gasteiger partial charge in [-0.2, -0.15) is 0 Å². The number of piperidine rings is 3. The lowest BCUT2D eigenvalue weighted by Crippen LogP contribution is -2.55. The van der Waals surface area contributed by atoms with Crippen molar-refractivity contribution in [3.05, 3.63) is 56.5 Å². The summed E-state index contributed by atoms with van der Waals surface area (Å²) in [5.41, 5.74) is 8.89. The number of ketones is 1. The Hall–Kier alpha value is -3.00. The van der Waals surface area contributed by atoms with Gasteiger partial charge in [0.25, 0.3) is 0 Å². The van der Waals surface area contributed by atoms with Crippen LogP contribution in [0.2, 0.25) is 0 Å². The van der Waals surface area contributed by atoms with E-state index in [1.54, 1.807) is 17.0 Å². The van der Waals surface area contributed by atoms with E-state index < -0.39 is 6.04 Å². The molecule has 3 fully saturated rings. The van der Waals surface area contributed by atoms with E-state index in [0.29, 0.717) is 58.6 Å². The van der Waals surface area contributed by atoms with Gasteiger partial charge in [-0.3, -0.25) is 19.3 Å². The van der Waals surface area contributed by atoms with E-state index in [0.717, 1.165) is 50.1 Å². The number of hydrogen-bond acceptors (Lipinski definition) is 7. The largest absolute Gasteiger partial charge is 0.397 e. The lowest BCUT2D eigenvalue weighted by molar-refractivity contribution is -0.138. The molecule has 2 aromatic rings. The van der Waals surface area contributed by atoms with Crippen LogP contribution in [0.1, 0.15) is 67.3 Å². The maximum absolute atomic E-state index is 14.1. The van der Waals surface area contributed by atoms with Crippen LogP contribution in [-0.2, 0) is 16.0 Å². The van der Waals surface area contributed by atoms with Gasteiger partial charge in [-0.1, -0.05) is 24.6 Å². The molecular formula is C37H49Br2N7O4. The molecule has 50 heavy (non-hydrogen) atoms. The highest BCUT2D eigenvalue weighted by molar-refractivity contribution is 9.11. The molecule has 0 aliphatic carbocycles. The number of carbonyl (C=O) groups excluding carboxylic acids is 4. The molecule has 3 saturated heterocycles. The minimum atomic E-state index is -1.01. The van der Waals surface area contributed by atoms with Crippen LogP contribution in [0.5, 0.6) is 0 Å². The van der Waals surface area contributed by atoms with E-state index in [2.05, 4.69) is 52.3 Å². The summed E-state index contributed by atoms with van der Waals surface area (Å²) in [5, 5.41) is 6.00. The number of urea groups is 1. The van der Waals surface area contributed by atoms with Gasteiger partial charge in [-0.05, 0) is 133 Å². The number of fused-ring (bicyclic) bond motifs is 1. The van der Waals surface area contributed by atoms with Crippen molar-refractivity contribution in [2.24, 2.45) is 5.92 Å². The van der Waals surface area contributed by atoms with E-state index in [4.69, 9.17) is 5.73 Å². The van der Waals surface area contributed by atoms with Crippen LogP contribution >= 0.6 is 31.9 Å². The molecule has 0 spiro atoms. The van der Waals surface area contributed by atoms with Gasteiger partial charge in [-0.15, -0.1) is 0 Å². The zero-order chi connectivity index (χ0) is 35.2. The third kappa shape index (κ3) is 9.26. The summed E-state index contributed by atoms with van der Waals surface area (Å²) < 4.78 is 1.15. The van der Waals surface area contributed by atoms with Gasteiger partial charge >= 0.3 is 6.03 Å². The predicted octanol–water partition coefficient (Wildman–Crippen LogP) is 5.13. The highest BCUT2D eigenvalue weighted by atomic mass is 79.9. The monoisotopic (exact) mass is 813 g/mol. The second-order valence-corrected chi connectivity index (χ2v) is 16.0. The molecule has 11 nitrogen and oxygen atoms in total. The highest BCUT2D eigenvalue weighted by Crippen LogP contribution is 2.31. The Morgan fingerprint density at radius 3 is 2.26 bits per heavy atom. The van der Waals surface area contributed by atoms with Crippen molar-refractivity contribution in [3.8, 4) is 0 Å². The number of Topliss-reactive ketones (excluding diaryl/α,β-unsaturated/α-hetero) is 1. The van der Waals surface area contributed by atoms with Crippen molar-refractivity contribution in [2.75, 3.05) is 70.0 Å². The molecular weight excluding hydrogens is 766 g/mol. The molecule has 0 bridgehead atoms. The predicted molar refractivity (Wildman–Crippen MR) is 202 cm³/mol. The summed E-state index contributed by atoms with van der Waals surface area (Å²) in [7, 11) is 0. The topological polar surface area (TPSA) is 131 Å². The zero-order valence-electron chi connectivity index (χ0n) is 28.7. The number of anilines is 2. The second-order valence-electron chi connectivity index (χ2n) is 14.3. The number of rotatable bonds is 10. The second kappa shape index (κ2) is 17.0. The Labute approximate surface area is 311 Å². The minimum absolute atomic E-state index is 0.00893. The van der Waals surface area contributed by atoms with E-state index in [-0.39, 0.29) is 42.6 Å². The van der Waals surface area contributed by atoms with Crippen LogP contribution in [-0.4, -0.2) is 114 Å². The first kappa shape index (κ1) is 36.8. The van der Waals surface area contributed by atoms with Crippen LogP contribution in [0.3, 0.4) is 0 Å². The maximum Gasteiger partial charge on any atom is 0.322 e. The van der Waals surface area contributed by atoms with Gasteiger partial charge in [-0.25, -0.2) is 4.79 Å². The number of hydrogen-bond donors (Lipinski definition) is 3. The first-order valence-electron chi connectivity index (χ1n) is 18.1. The summed E-state index contributed by atoms with van der Waals surface area (Å²) in [4.78, 5) is 62.6. The summed E-state index contributed by atoms with van der Waals surface area (Å²) in [6.45, 7) is 6.90. The number of para-hydroxylation sites is 1. The number of nitrogens with zero attached hydrogens (tertiary/aromatic N) is 4. The van der Waals surface area contributed by atoms with Gasteiger partial charge in [0.1, 0.15) is 6.04 Å². The SMILES string of the molecule is Nc1c(Br)cc(C(=O)CC(NC(=O)CN2CCC(CN3CCCCC3)CC2)C(=O)N2CCC(N3CCc4ccccc4NC3=O)CC2)cc1Br. The summed E-state index contributed by atoms with van der Waals surface area (Å²) in [6.07, 6.45) is 7.86. The molecule has 0 saturated carbocycles.